The molecule has 2 aromatic carbocycles. The smallest absolute Gasteiger partial charge is 0.478 e. The number of carboxylic acid groups (broad SMARTS) is 1. The summed E-state index contributed by atoms with van der Waals surface area (Å²) in [6.45, 7) is 0.439. The molecule has 4 aliphatic rings. The monoisotopic (exact) mass is 570 g/mol. The van der Waals surface area contributed by atoms with Crippen LogP contribution in [0, 0.1) is 0 Å². The third kappa shape index (κ3) is 4.68. The SMILES string of the molecule is O=C(O)c1ccc2nc(N3C4CC(NCc5c(-c6ccccc6OC(F)(F)F)noc5C5CC5)CC3C4)sc2c1. The molecule has 0 amide bonds. The van der Waals surface area contributed by atoms with Crippen LogP contribution in [-0.2, 0) is 6.54 Å². The highest BCUT2D eigenvalue weighted by atomic mass is 32.1. The van der Waals surface area contributed by atoms with Crippen LogP contribution in [0.3, 0.4) is 0 Å². The van der Waals surface area contributed by atoms with Crippen LogP contribution < -0.4 is 15.0 Å². The molecule has 2 N–H and O–H groups in total. The van der Waals surface area contributed by atoms with Gasteiger partial charge in [0.1, 0.15) is 17.2 Å². The number of carboxylic acids is 1. The molecule has 2 bridgehead atoms. The summed E-state index contributed by atoms with van der Waals surface area (Å²) >= 11 is 1.52. The number of fused-ring (bicyclic) bond motifs is 3. The number of alkyl halides is 3. The van der Waals surface area contributed by atoms with Gasteiger partial charge in [0.25, 0.3) is 0 Å². The predicted octanol–water partition coefficient (Wildman–Crippen LogP) is 6.33. The van der Waals surface area contributed by atoms with Gasteiger partial charge in [-0.1, -0.05) is 28.6 Å². The van der Waals surface area contributed by atoms with Gasteiger partial charge in [0.05, 0.1) is 15.8 Å². The van der Waals surface area contributed by atoms with Crippen LogP contribution in [0.5, 0.6) is 5.75 Å². The first kappa shape index (κ1) is 25.3. The van der Waals surface area contributed by atoms with Gasteiger partial charge in [-0.3, -0.25) is 0 Å². The molecule has 8 nitrogen and oxygen atoms in total. The number of nitrogens with zero attached hydrogens (tertiary/aromatic N) is 3. The Balaban J connectivity index is 1.07. The molecule has 4 aromatic rings. The molecule has 2 saturated carbocycles. The summed E-state index contributed by atoms with van der Waals surface area (Å²) < 4.78 is 50.0. The molecule has 0 radical (unpaired) electrons. The molecular formula is C28H25F3N4O4S. The second-order valence-electron chi connectivity index (χ2n) is 10.7. The van der Waals surface area contributed by atoms with Crippen LogP contribution in [-0.4, -0.2) is 45.7 Å². The zero-order chi connectivity index (χ0) is 27.6. The lowest BCUT2D eigenvalue weighted by molar-refractivity contribution is -0.274. The van der Waals surface area contributed by atoms with Crippen molar-refractivity contribution in [3.63, 3.8) is 0 Å². The highest BCUT2D eigenvalue weighted by molar-refractivity contribution is 7.22. The van der Waals surface area contributed by atoms with E-state index in [-0.39, 0.29) is 28.8 Å². The van der Waals surface area contributed by atoms with E-state index in [1.165, 1.54) is 23.5 Å². The molecule has 2 saturated heterocycles. The van der Waals surface area contributed by atoms with Gasteiger partial charge in [0.2, 0.25) is 0 Å². The maximum atomic E-state index is 13.1. The van der Waals surface area contributed by atoms with E-state index >= 15 is 0 Å². The number of hydrogen-bond donors (Lipinski definition) is 2. The standard InChI is InChI=1S/C28H25F3N4O4S/c29-28(30,31)38-22-4-2-1-3-19(22)24-20(25(39-34-24)14-5-6-14)13-32-16-10-17-12-18(11-16)35(17)27-33-21-8-7-15(26(36)37)9-23(21)40-27/h1-4,7-9,14,16-18,32H,5-6,10-13H2,(H,36,37). The van der Waals surface area contributed by atoms with E-state index in [9.17, 15) is 23.1 Å². The van der Waals surface area contributed by atoms with Crippen LogP contribution in [0.2, 0.25) is 0 Å². The molecule has 8 rings (SSSR count). The summed E-state index contributed by atoms with van der Waals surface area (Å²) in [6, 6.07) is 11.9. The number of carbonyl (C=O) groups is 1. The summed E-state index contributed by atoms with van der Waals surface area (Å²) in [4.78, 5) is 18.4. The number of halogens is 3. The Morgan fingerprint density at radius 1 is 1.15 bits per heavy atom. The number of ether oxygens (including phenoxy) is 1. The van der Waals surface area contributed by atoms with Gasteiger partial charge in [-0.05, 0) is 62.4 Å². The first-order valence-electron chi connectivity index (χ1n) is 13.2. The molecule has 2 aliphatic heterocycles. The van der Waals surface area contributed by atoms with E-state index in [0.717, 1.165) is 58.8 Å². The van der Waals surface area contributed by atoms with Gasteiger partial charge in [-0.2, -0.15) is 0 Å². The fourth-order valence-electron chi connectivity index (χ4n) is 6.00. The molecule has 0 spiro atoms. The number of hydrogen-bond acceptors (Lipinski definition) is 8. The Morgan fingerprint density at radius 3 is 2.65 bits per heavy atom. The third-order valence-corrected chi connectivity index (χ3v) is 9.02. The molecule has 2 aromatic heterocycles. The van der Waals surface area contributed by atoms with Crippen molar-refractivity contribution in [1.29, 1.82) is 0 Å². The molecule has 4 fully saturated rings. The van der Waals surface area contributed by atoms with Gasteiger partial charge in [0, 0.05) is 41.7 Å². The lowest BCUT2D eigenvalue weighted by Crippen LogP contribution is -2.64. The van der Waals surface area contributed by atoms with E-state index in [1.807, 2.05) is 0 Å². The van der Waals surface area contributed by atoms with E-state index < -0.39 is 12.3 Å². The van der Waals surface area contributed by atoms with Crippen LogP contribution in [0.15, 0.2) is 47.0 Å². The Hall–Kier alpha value is -3.64. The maximum Gasteiger partial charge on any atom is 0.573 e. The van der Waals surface area contributed by atoms with E-state index in [4.69, 9.17) is 9.51 Å². The quantitative estimate of drug-likeness (QED) is 0.254. The molecule has 2 aliphatic carbocycles. The Bertz CT molecular complexity index is 1590. The number of anilines is 1. The zero-order valence-electron chi connectivity index (χ0n) is 21.1. The first-order valence-corrected chi connectivity index (χ1v) is 14.0. The fourth-order valence-corrected chi connectivity index (χ4v) is 7.15. The number of rotatable bonds is 8. The summed E-state index contributed by atoms with van der Waals surface area (Å²) in [5, 5.41) is 18.0. The number of aromatic nitrogens is 2. The van der Waals surface area contributed by atoms with Gasteiger partial charge < -0.3 is 24.6 Å². The number of nitrogens with one attached hydrogen (secondary N) is 1. The van der Waals surface area contributed by atoms with Crippen LogP contribution in [0.25, 0.3) is 21.5 Å². The Kier molecular flexibility index (Phi) is 6.00. The van der Waals surface area contributed by atoms with Crippen molar-refractivity contribution < 1.29 is 32.3 Å². The summed E-state index contributed by atoms with van der Waals surface area (Å²) in [5.74, 6) is -0.275. The largest absolute Gasteiger partial charge is 0.573 e. The van der Waals surface area contributed by atoms with Crippen molar-refractivity contribution in [3.8, 4) is 17.0 Å². The molecule has 2 atom stereocenters. The molecule has 40 heavy (non-hydrogen) atoms. The predicted molar refractivity (Wildman–Crippen MR) is 142 cm³/mol. The number of benzene rings is 2. The number of thiazole rings is 1. The van der Waals surface area contributed by atoms with Gasteiger partial charge >= 0.3 is 12.3 Å². The van der Waals surface area contributed by atoms with E-state index in [0.29, 0.717) is 24.3 Å². The molecule has 2 unspecified atom stereocenters. The van der Waals surface area contributed by atoms with Gasteiger partial charge in [0.15, 0.2) is 5.13 Å². The van der Waals surface area contributed by atoms with Crippen LogP contribution in [0.1, 0.15) is 59.7 Å². The second kappa shape index (κ2) is 9.48. The molecule has 4 heterocycles. The minimum Gasteiger partial charge on any atom is -0.478 e. The van der Waals surface area contributed by atoms with Crippen molar-refractivity contribution in [2.24, 2.45) is 0 Å². The van der Waals surface area contributed by atoms with Crippen molar-refractivity contribution in [1.82, 2.24) is 15.5 Å². The topological polar surface area (TPSA) is 101 Å². The van der Waals surface area contributed by atoms with Crippen molar-refractivity contribution >= 4 is 32.7 Å². The van der Waals surface area contributed by atoms with Crippen molar-refractivity contribution in [3.05, 3.63) is 59.4 Å². The lowest BCUT2D eigenvalue weighted by Gasteiger charge is -2.55. The highest BCUT2D eigenvalue weighted by Gasteiger charge is 2.46. The van der Waals surface area contributed by atoms with Crippen LogP contribution in [0.4, 0.5) is 18.3 Å². The number of aromatic carboxylic acids is 1. The minimum atomic E-state index is -4.81. The summed E-state index contributed by atoms with van der Waals surface area (Å²) in [6.07, 6.45) is 0.0126. The molecular weight excluding hydrogens is 545 g/mol. The van der Waals surface area contributed by atoms with E-state index in [1.54, 1.807) is 30.3 Å². The summed E-state index contributed by atoms with van der Waals surface area (Å²) in [7, 11) is 0. The van der Waals surface area contributed by atoms with E-state index in [2.05, 4.69) is 20.1 Å². The minimum absolute atomic E-state index is 0.226. The van der Waals surface area contributed by atoms with Gasteiger partial charge in [-0.25, -0.2) is 9.78 Å². The fraction of sp³-hybridized carbons (Fsp3) is 0.393. The Morgan fingerprint density at radius 2 is 1.93 bits per heavy atom. The first-order chi connectivity index (χ1) is 19.2. The third-order valence-electron chi connectivity index (χ3n) is 7.99. The zero-order valence-corrected chi connectivity index (χ0v) is 22.0. The lowest BCUT2D eigenvalue weighted by atomic mass is 9.77. The average molecular weight is 571 g/mol. The van der Waals surface area contributed by atoms with Crippen molar-refractivity contribution in [2.45, 2.75) is 69.1 Å². The van der Waals surface area contributed by atoms with Crippen LogP contribution >= 0.6 is 11.3 Å². The normalized spacial score (nSPS) is 22.4. The number of piperidine rings is 1. The second-order valence-corrected chi connectivity index (χ2v) is 11.7. The number of para-hydroxylation sites is 1. The molecule has 208 valence electrons. The summed E-state index contributed by atoms with van der Waals surface area (Å²) in [5.41, 5.74) is 2.48. The average Bonchev–Trinajstić information content (AvgIpc) is 3.53. The highest BCUT2D eigenvalue weighted by Crippen LogP contribution is 2.47. The van der Waals surface area contributed by atoms with Crippen molar-refractivity contribution in [2.75, 3.05) is 4.90 Å². The Labute approximate surface area is 230 Å². The maximum absolute atomic E-state index is 13.1. The molecule has 12 heteroatoms. The van der Waals surface area contributed by atoms with Gasteiger partial charge in [-0.15, -0.1) is 13.2 Å².